The molecule has 0 saturated heterocycles. The van der Waals surface area contributed by atoms with Gasteiger partial charge in [-0.2, -0.15) is 0 Å². The number of ether oxygens (including phenoxy) is 1. The van der Waals surface area contributed by atoms with Crippen LogP contribution >= 0.6 is 27.5 Å². The van der Waals surface area contributed by atoms with Crippen LogP contribution < -0.4 is 4.74 Å². The Labute approximate surface area is 131 Å². The average Bonchev–Trinajstić information content (AvgIpc) is 2.38. The van der Waals surface area contributed by atoms with Crippen LogP contribution in [0.5, 0.6) is 5.75 Å². The van der Waals surface area contributed by atoms with Crippen molar-refractivity contribution in [2.45, 2.75) is 13.3 Å². The third-order valence-corrected chi connectivity index (χ3v) is 3.91. The van der Waals surface area contributed by atoms with E-state index in [0.717, 1.165) is 15.6 Å². The Kier molecular flexibility index (Phi) is 4.84. The molecule has 0 aliphatic rings. The van der Waals surface area contributed by atoms with Crippen molar-refractivity contribution in [1.29, 1.82) is 0 Å². The molecule has 0 spiro atoms. The molecule has 0 aliphatic carbocycles. The van der Waals surface area contributed by atoms with Crippen LogP contribution in [0, 0.1) is 6.92 Å². The molecule has 0 fully saturated rings. The maximum Gasteiger partial charge on any atom is 0.168 e. The number of halogens is 2. The maximum absolute atomic E-state index is 12.4. The Morgan fingerprint density at radius 2 is 2.00 bits per heavy atom. The van der Waals surface area contributed by atoms with Gasteiger partial charge < -0.3 is 4.74 Å². The molecular weight excluding hydrogens is 340 g/mol. The number of methoxy groups -OCH3 is 1. The van der Waals surface area contributed by atoms with Crippen LogP contribution in [0.1, 0.15) is 21.5 Å². The summed E-state index contributed by atoms with van der Waals surface area (Å²) in [6.45, 7) is 1.99. The highest BCUT2D eigenvalue weighted by atomic mass is 79.9. The fourth-order valence-corrected chi connectivity index (χ4v) is 2.91. The molecule has 0 saturated carbocycles. The van der Waals surface area contributed by atoms with Crippen molar-refractivity contribution in [2.75, 3.05) is 7.11 Å². The lowest BCUT2D eigenvalue weighted by molar-refractivity contribution is 0.0991. The quantitative estimate of drug-likeness (QED) is 0.735. The van der Waals surface area contributed by atoms with Gasteiger partial charge in [-0.1, -0.05) is 33.6 Å². The van der Waals surface area contributed by atoms with Crippen molar-refractivity contribution in [3.8, 4) is 5.75 Å². The third kappa shape index (κ3) is 3.41. The Morgan fingerprint density at radius 3 is 2.65 bits per heavy atom. The molecule has 0 unspecified atom stereocenters. The van der Waals surface area contributed by atoms with Gasteiger partial charge in [0.15, 0.2) is 5.78 Å². The van der Waals surface area contributed by atoms with Crippen molar-refractivity contribution >= 4 is 33.3 Å². The summed E-state index contributed by atoms with van der Waals surface area (Å²) in [6.07, 6.45) is 0.255. The minimum absolute atomic E-state index is 0.0254. The number of carbonyl (C=O) groups excluding carboxylic acids is 1. The first-order chi connectivity index (χ1) is 9.51. The van der Waals surface area contributed by atoms with Crippen molar-refractivity contribution < 1.29 is 9.53 Å². The van der Waals surface area contributed by atoms with Crippen molar-refractivity contribution in [3.63, 3.8) is 0 Å². The molecule has 0 atom stereocenters. The van der Waals surface area contributed by atoms with Crippen molar-refractivity contribution in [1.82, 2.24) is 0 Å². The lowest BCUT2D eigenvalue weighted by atomic mass is 10.0. The molecule has 2 nitrogen and oxygen atoms in total. The Bertz CT molecular complexity index is 653. The fraction of sp³-hybridized carbons (Fsp3) is 0.188. The Morgan fingerprint density at radius 1 is 1.25 bits per heavy atom. The van der Waals surface area contributed by atoms with E-state index in [9.17, 15) is 4.79 Å². The first-order valence-electron chi connectivity index (χ1n) is 6.13. The molecule has 0 amide bonds. The molecule has 0 bridgehead atoms. The predicted octanol–water partition coefficient (Wildman–Crippen LogP) is 4.84. The van der Waals surface area contributed by atoms with Crippen LogP contribution in [0.2, 0.25) is 5.02 Å². The molecule has 0 aliphatic heterocycles. The van der Waals surface area contributed by atoms with E-state index < -0.39 is 0 Å². The standard InChI is InChI=1S/C16H14BrClO2/c1-10-3-5-13(14(17)7-10)15(19)9-11-8-12(18)4-6-16(11)20-2/h3-8H,9H2,1-2H3. The molecule has 20 heavy (non-hydrogen) atoms. The van der Waals surface area contributed by atoms with Crippen LogP contribution in [-0.4, -0.2) is 12.9 Å². The summed E-state index contributed by atoms with van der Waals surface area (Å²) >= 11 is 9.41. The molecule has 0 N–H and O–H groups in total. The highest BCUT2D eigenvalue weighted by Gasteiger charge is 2.14. The zero-order valence-corrected chi connectivity index (χ0v) is 13.6. The van der Waals surface area contributed by atoms with Gasteiger partial charge >= 0.3 is 0 Å². The van der Waals surface area contributed by atoms with Gasteiger partial charge in [-0.05, 0) is 42.8 Å². The summed E-state index contributed by atoms with van der Waals surface area (Å²) in [5.74, 6) is 0.698. The van der Waals surface area contributed by atoms with E-state index >= 15 is 0 Å². The molecule has 2 rings (SSSR count). The van der Waals surface area contributed by atoms with Gasteiger partial charge in [0.1, 0.15) is 5.75 Å². The molecule has 0 radical (unpaired) electrons. The Balaban J connectivity index is 2.30. The van der Waals surface area contributed by atoms with Crippen LogP contribution in [0.3, 0.4) is 0 Å². The van der Waals surface area contributed by atoms with Gasteiger partial charge in [0, 0.05) is 27.0 Å². The van der Waals surface area contributed by atoms with Gasteiger partial charge in [-0.15, -0.1) is 0 Å². The minimum atomic E-state index is 0.0254. The second-order valence-electron chi connectivity index (χ2n) is 4.54. The number of benzene rings is 2. The van der Waals surface area contributed by atoms with Crippen molar-refractivity contribution in [3.05, 3.63) is 62.6 Å². The van der Waals surface area contributed by atoms with Crippen LogP contribution in [0.15, 0.2) is 40.9 Å². The first-order valence-corrected chi connectivity index (χ1v) is 7.30. The highest BCUT2D eigenvalue weighted by Crippen LogP contribution is 2.26. The topological polar surface area (TPSA) is 26.3 Å². The Hall–Kier alpha value is -1.32. The maximum atomic E-state index is 12.4. The third-order valence-electron chi connectivity index (χ3n) is 3.02. The summed E-state index contributed by atoms with van der Waals surface area (Å²) in [7, 11) is 1.58. The molecule has 104 valence electrons. The summed E-state index contributed by atoms with van der Waals surface area (Å²) in [4.78, 5) is 12.4. The fourth-order valence-electron chi connectivity index (χ4n) is 2.00. The van der Waals surface area contributed by atoms with E-state index in [1.807, 2.05) is 25.1 Å². The number of hydrogen-bond donors (Lipinski definition) is 0. The van der Waals surface area contributed by atoms with E-state index in [-0.39, 0.29) is 12.2 Å². The molecular formula is C16H14BrClO2. The van der Waals surface area contributed by atoms with Crippen LogP contribution in [0.25, 0.3) is 0 Å². The zero-order chi connectivity index (χ0) is 14.7. The molecule has 0 heterocycles. The molecule has 4 heteroatoms. The predicted molar refractivity (Wildman–Crippen MR) is 84.9 cm³/mol. The van der Waals surface area contributed by atoms with E-state index in [2.05, 4.69) is 15.9 Å². The van der Waals surface area contributed by atoms with E-state index in [1.165, 1.54) is 0 Å². The monoisotopic (exact) mass is 352 g/mol. The van der Waals surface area contributed by atoms with Gasteiger partial charge in [-0.25, -0.2) is 0 Å². The summed E-state index contributed by atoms with van der Waals surface area (Å²) in [5, 5.41) is 0.594. The molecule has 2 aromatic rings. The number of ketones is 1. The van der Waals surface area contributed by atoms with Crippen molar-refractivity contribution in [2.24, 2.45) is 0 Å². The van der Waals surface area contributed by atoms with E-state index in [4.69, 9.17) is 16.3 Å². The second kappa shape index (κ2) is 6.42. The normalized spacial score (nSPS) is 10.4. The zero-order valence-electron chi connectivity index (χ0n) is 11.2. The highest BCUT2D eigenvalue weighted by molar-refractivity contribution is 9.10. The van der Waals surface area contributed by atoms with Gasteiger partial charge in [-0.3, -0.25) is 4.79 Å². The van der Waals surface area contributed by atoms with Crippen LogP contribution in [-0.2, 0) is 6.42 Å². The summed E-state index contributed by atoms with van der Waals surface area (Å²) < 4.78 is 6.07. The molecule has 0 aromatic heterocycles. The number of rotatable bonds is 4. The van der Waals surface area contributed by atoms with Crippen LogP contribution in [0.4, 0.5) is 0 Å². The lowest BCUT2D eigenvalue weighted by Crippen LogP contribution is -2.06. The smallest absolute Gasteiger partial charge is 0.168 e. The van der Waals surface area contributed by atoms with Gasteiger partial charge in [0.25, 0.3) is 0 Å². The average molecular weight is 354 g/mol. The minimum Gasteiger partial charge on any atom is -0.496 e. The number of hydrogen-bond acceptors (Lipinski definition) is 2. The second-order valence-corrected chi connectivity index (χ2v) is 5.83. The number of aryl methyl sites for hydroxylation is 1. The number of Topliss-reactive ketones (excluding diaryl/α,β-unsaturated/α-hetero) is 1. The van der Waals surface area contributed by atoms with Gasteiger partial charge in [0.2, 0.25) is 0 Å². The lowest BCUT2D eigenvalue weighted by Gasteiger charge is -2.09. The van der Waals surface area contributed by atoms with E-state index in [1.54, 1.807) is 25.3 Å². The summed E-state index contributed by atoms with van der Waals surface area (Å²) in [5.41, 5.74) is 2.56. The summed E-state index contributed by atoms with van der Waals surface area (Å²) in [6, 6.07) is 11.0. The molecule has 2 aromatic carbocycles. The van der Waals surface area contributed by atoms with E-state index in [0.29, 0.717) is 16.3 Å². The van der Waals surface area contributed by atoms with Gasteiger partial charge in [0.05, 0.1) is 7.11 Å². The largest absolute Gasteiger partial charge is 0.496 e. The first kappa shape index (κ1) is 15.1. The SMILES string of the molecule is COc1ccc(Cl)cc1CC(=O)c1ccc(C)cc1Br. The number of carbonyl (C=O) groups is 1.